The van der Waals surface area contributed by atoms with Gasteiger partial charge >= 0.3 is 0 Å². The van der Waals surface area contributed by atoms with Crippen molar-refractivity contribution in [1.29, 1.82) is 0 Å². The molecule has 0 aromatic heterocycles. The maximum atomic E-state index is 11.6. The van der Waals surface area contributed by atoms with Gasteiger partial charge in [-0.25, -0.2) is 0 Å². The standard InChI is InChI=1S/C14H21N3O2/c1-9-13(18)16-11-7-10(5-6-12(11)19-9)17(4)14(2,3)8-15/h5-7,9H,8,15H2,1-4H3,(H,16,18). The number of rotatable bonds is 3. The summed E-state index contributed by atoms with van der Waals surface area (Å²) >= 11 is 0. The first-order chi connectivity index (χ1) is 8.85. The van der Waals surface area contributed by atoms with Crippen molar-refractivity contribution in [2.75, 3.05) is 23.8 Å². The second kappa shape index (κ2) is 4.74. The van der Waals surface area contributed by atoms with Crippen LogP contribution in [0.2, 0.25) is 0 Å². The summed E-state index contributed by atoms with van der Waals surface area (Å²) in [5, 5.41) is 2.85. The van der Waals surface area contributed by atoms with Crippen LogP contribution in [0.3, 0.4) is 0 Å². The summed E-state index contributed by atoms with van der Waals surface area (Å²) in [7, 11) is 1.99. The van der Waals surface area contributed by atoms with Gasteiger partial charge in [0.1, 0.15) is 5.75 Å². The van der Waals surface area contributed by atoms with E-state index in [9.17, 15) is 4.79 Å². The van der Waals surface area contributed by atoms with Crippen LogP contribution in [-0.4, -0.2) is 31.1 Å². The highest BCUT2D eigenvalue weighted by Gasteiger charge is 2.26. The molecule has 0 fully saturated rings. The highest BCUT2D eigenvalue weighted by molar-refractivity contribution is 5.98. The summed E-state index contributed by atoms with van der Waals surface area (Å²) in [5.74, 6) is 0.584. The molecule has 1 aliphatic heterocycles. The summed E-state index contributed by atoms with van der Waals surface area (Å²) in [4.78, 5) is 13.7. The van der Waals surface area contributed by atoms with Crippen molar-refractivity contribution in [3.05, 3.63) is 18.2 Å². The van der Waals surface area contributed by atoms with Gasteiger partial charge in [0.15, 0.2) is 6.10 Å². The van der Waals surface area contributed by atoms with E-state index in [0.717, 1.165) is 5.69 Å². The van der Waals surface area contributed by atoms with Crippen molar-refractivity contribution in [1.82, 2.24) is 0 Å². The molecule has 1 atom stereocenters. The zero-order valence-corrected chi connectivity index (χ0v) is 11.9. The van der Waals surface area contributed by atoms with E-state index in [-0.39, 0.29) is 11.4 Å². The van der Waals surface area contributed by atoms with E-state index in [1.165, 1.54) is 0 Å². The monoisotopic (exact) mass is 263 g/mol. The first kappa shape index (κ1) is 13.7. The van der Waals surface area contributed by atoms with Crippen molar-refractivity contribution in [2.45, 2.75) is 32.4 Å². The third-order valence-corrected chi connectivity index (χ3v) is 3.69. The summed E-state index contributed by atoms with van der Waals surface area (Å²) in [6.07, 6.45) is -0.448. The number of nitrogens with zero attached hydrogens (tertiary/aromatic N) is 1. The Bertz CT molecular complexity index is 499. The number of likely N-dealkylation sites (N-methyl/N-ethyl adjacent to an activating group) is 1. The van der Waals surface area contributed by atoms with Crippen LogP contribution in [0.5, 0.6) is 5.75 Å². The summed E-state index contributed by atoms with van der Waals surface area (Å²) in [6, 6.07) is 5.76. The lowest BCUT2D eigenvalue weighted by molar-refractivity contribution is -0.122. The minimum Gasteiger partial charge on any atom is -0.479 e. The number of hydrogen-bond acceptors (Lipinski definition) is 4. The molecule has 5 nitrogen and oxygen atoms in total. The number of nitrogens with two attached hydrogens (primary N) is 1. The van der Waals surface area contributed by atoms with E-state index < -0.39 is 6.10 Å². The van der Waals surface area contributed by atoms with E-state index in [4.69, 9.17) is 10.5 Å². The number of ether oxygens (including phenoxy) is 1. The molecule has 3 N–H and O–H groups in total. The van der Waals surface area contributed by atoms with Crippen LogP contribution in [0, 0.1) is 0 Å². The SMILES string of the molecule is CC1Oc2ccc(N(C)C(C)(C)CN)cc2NC1=O. The third kappa shape index (κ3) is 2.51. The van der Waals surface area contributed by atoms with Gasteiger partial charge in [-0.05, 0) is 39.0 Å². The van der Waals surface area contributed by atoms with Crippen LogP contribution < -0.4 is 20.7 Å². The molecular formula is C14H21N3O2. The average Bonchev–Trinajstić information content (AvgIpc) is 2.38. The molecular weight excluding hydrogens is 242 g/mol. The van der Waals surface area contributed by atoms with Crippen LogP contribution in [0.25, 0.3) is 0 Å². The molecule has 1 heterocycles. The number of benzene rings is 1. The summed E-state index contributed by atoms with van der Waals surface area (Å²) in [5.41, 5.74) is 7.34. The van der Waals surface area contributed by atoms with E-state index in [0.29, 0.717) is 18.0 Å². The lowest BCUT2D eigenvalue weighted by Crippen LogP contribution is -2.47. The molecule has 1 aliphatic rings. The van der Waals surface area contributed by atoms with E-state index in [2.05, 4.69) is 24.1 Å². The topological polar surface area (TPSA) is 67.6 Å². The second-order valence-corrected chi connectivity index (χ2v) is 5.51. The van der Waals surface area contributed by atoms with E-state index in [1.807, 2.05) is 25.2 Å². The molecule has 1 aromatic carbocycles. The Morgan fingerprint density at radius 3 is 2.79 bits per heavy atom. The number of anilines is 2. The van der Waals surface area contributed by atoms with Crippen LogP contribution >= 0.6 is 0 Å². The maximum Gasteiger partial charge on any atom is 0.265 e. The fourth-order valence-corrected chi connectivity index (χ4v) is 1.89. The number of carbonyl (C=O) groups excluding carboxylic acids is 1. The fraction of sp³-hybridized carbons (Fsp3) is 0.500. The quantitative estimate of drug-likeness (QED) is 0.869. The van der Waals surface area contributed by atoms with Gasteiger partial charge in [-0.1, -0.05) is 0 Å². The number of hydrogen-bond donors (Lipinski definition) is 2. The molecule has 0 radical (unpaired) electrons. The molecule has 1 unspecified atom stereocenters. The molecule has 2 rings (SSSR count). The van der Waals surface area contributed by atoms with Gasteiger partial charge in [0.25, 0.3) is 5.91 Å². The lowest BCUT2D eigenvalue weighted by atomic mass is 10.0. The van der Waals surface area contributed by atoms with Crippen molar-refractivity contribution < 1.29 is 9.53 Å². The Balaban J connectivity index is 2.32. The first-order valence-electron chi connectivity index (χ1n) is 6.40. The summed E-state index contributed by atoms with van der Waals surface area (Å²) < 4.78 is 5.54. The minimum absolute atomic E-state index is 0.120. The number of carbonyl (C=O) groups is 1. The number of nitrogens with one attached hydrogen (secondary N) is 1. The zero-order chi connectivity index (χ0) is 14.2. The van der Waals surface area contributed by atoms with Crippen LogP contribution in [0.15, 0.2) is 18.2 Å². The fourth-order valence-electron chi connectivity index (χ4n) is 1.89. The number of amides is 1. The van der Waals surface area contributed by atoms with Gasteiger partial charge < -0.3 is 20.7 Å². The van der Waals surface area contributed by atoms with Crippen molar-refractivity contribution in [3.63, 3.8) is 0 Å². The molecule has 0 aliphatic carbocycles. The smallest absolute Gasteiger partial charge is 0.265 e. The Kier molecular flexibility index (Phi) is 3.41. The van der Waals surface area contributed by atoms with E-state index >= 15 is 0 Å². The van der Waals surface area contributed by atoms with Crippen LogP contribution in [0.1, 0.15) is 20.8 Å². The first-order valence-corrected chi connectivity index (χ1v) is 6.40. The minimum atomic E-state index is -0.448. The highest BCUT2D eigenvalue weighted by Crippen LogP contribution is 2.34. The van der Waals surface area contributed by atoms with Gasteiger partial charge in [-0.2, -0.15) is 0 Å². The van der Waals surface area contributed by atoms with Gasteiger partial charge in [-0.15, -0.1) is 0 Å². The predicted molar refractivity (Wildman–Crippen MR) is 76.7 cm³/mol. The Morgan fingerprint density at radius 1 is 1.47 bits per heavy atom. The molecule has 104 valence electrons. The van der Waals surface area contributed by atoms with Gasteiger partial charge in [0.05, 0.1) is 5.69 Å². The second-order valence-electron chi connectivity index (χ2n) is 5.51. The molecule has 1 aromatic rings. The predicted octanol–water partition coefficient (Wildman–Crippen LogP) is 1.58. The molecule has 0 saturated heterocycles. The van der Waals surface area contributed by atoms with Gasteiger partial charge in [0, 0.05) is 24.8 Å². The molecule has 19 heavy (non-hydrogen) atoms. The third-order valence-electron chi connectivity index (χ3n) is 3.69. The van der Waals surface area contributed by atoms with Crippen molar-refractivity contribution in [2.24, 2.45) is 5.73 Å². The molecule has 0 bridgehead atoms. The highest BCUT2D eigenvalue weighted by atomic mass is 16.5. The van der Waals surface area contributed by atoms with Gasteiger partial charge in [0.2, 0.25) is 0 Å². The van der Waals surface area contributed by atoms with Gasteiger partial charge in [-0.3, -0.25) is 4.79 Å². The Morgan fingerprint density at radius 2 is 2.16 bits per heavy atom. The lowest BCUT2D eigenvalue weighted by Gasteiger charge is -2.37. The van der Waals surface area contributed by atoms with Crippen molar-refractivity contribution >= 4 is 17.3 Å². The largest absolute Gasteiger partial charge is 0.479 e. The normalized spacial score (nSPS) is 18.4. The van der Waals surface area contributed by atoms with Crippen LogP contribution in [-0.2, 0) is 4.79 Å². The maximum absolute atomic E-state index is 11.6. The Hall–Kier alpha value is -1.75. The Labute approximate surface area is 113 Å². The zero-order valence-electron chi connectivity index (χ0n) is 11.9. The summed E-state index contributed by atoms with van der Waals surface area (Å²) in [6.45, 7) is 6.42. The molecule has 5 heteroatoms. The number of fused-ring (bicyclic) bond motifs is 1. The molecule has 0 spiro atoms. The van der Waals surface area contributed by atoms with Crippen LogP contribution in [0.4, 0.5) is 11.4 Å². The van der Waals surface area contributed by atoms with Crippen molar-refractivity contribution in [3.8, 4) is 5.75 Å². The van der Waals surface area contributed by atoms with E-state index in [1.54, 1.807) is 6.92 Å². The average molecular weight is 263 g/mol. The molecule has 1 amide bonds. The molecule has 0 saturated carbocycles.